The number of aliphatic hydroxyl groups excluding tert-OH is 3. The summed E-state index contributed by atoms with van der Waals surface area (Å²) in [6.45, 7) is 9.52. The molecule has 26 heteroatoms. The van der Waals surface area contributed by atoms with Crippen LogP contribution in [0, 0.1) is 5.92 Å². The summed E-state index contributed by atoms with van der Waals surface area (Å²) in [7, 11) is 0. The highest BCUT2D eigenvalue weighted by Crippen LogP contribution is 2.39. The third-order valence-corrected chi connectivity index (χ3v) is 19.1. The van der Waals surface area contributed by atoms with Crippen molar-refractivity contribution in [3.05, 3.63) is 235 Å². The molecule has 0 saturated heterocycles. The summed E-state index contributed by atoms with van der Waals surface area (Å²) >= 11 is 0. The first-order valence-corrected chi connectivity index (χ1v) is 36.6. The van der Waals surface area contributed by atoms with Gasteiger partial charge in [0, 0.05) is 158 Å². The number of rotatable bonds is 27. The van der Waals surface area contributed by atoms with Crippen LogP contribution in [0.2, 0.25) is 0 Å². The zero-order valence-corrected chi connectivity index (χ0v) is 60.1. The van der Waals surface area contributed by atoms with Crippen molar-refractivity contribution in [3.63, 3.8) is 0 Å². The Morgan fingerprint density at radius 2 is 0.815 bits per heavy atom. The summed E-state index contributed by atoms with van der Waals surface area (Å²) in [5.41, 5.74) is 14.3. The highest BCUT2D eigenvalue weighted by molar-refractivity contribution is 5.82. The van der Waals surface area contributed by atoms with Gasteiger partial charge in [-0.15, -0.1) is 0 Å². The molecule has 0 atom stereocenters. The summed E-state index contributed by atoms with van der Waals surface area (Å²) in [5, 5.41) is 39.7. The van der Waals surface area contributed by atoms with Gasteiger partial charge < -0.3 is 68.9 Å². The molecule has 4 aliphatic rings. The molecule has 552 valence electrons. The van der Waals surface area contributed by atoms with Gasteiger partial charge in [0.05, 0.1) is 62.0 Å². The monoisotopic (exact) mass is 1450 g/mol. The van der Waals surface area contributed by atoms with Crippen molar-refractivity contribution in [2.75, 3.05) is 103 Å². The van der Waals surface area contributed by atoms with E-state index in [9.17, 15) is 24.9 Å². The van der Waals surface area contributed by atoms with E-state index in [0.29, 0.717) is 93.8 Å². The third-order valence-electron chi connectivity index (χ3n) is 19.1. The molecular formula is C82H86N18O8. The van der Waals surface area contributed by atoms with Crippen molar-refractivity contribution in [2.45, 2.75) is 71.5 Å². The van der Waals surface area contributed by atoms with Gasteiger partial charge in [-0.1, -0.05) is 61.5 Å². The van der Waals surface area contributed by atoms with E-state index in [-0.39, 0.29) is 31.6 Å². The fourth-order valence-corrected chi connectivity index (χ4v) is 13.7. The second-order valence-electron chi connectivity index (χ2n) is 26.5. The first-order chi connectivity index (χ1) is 53.2. The Hall–Kier alpha value is -12.1. The molecule has 0 bridgehead atoms. The predicted molar refractivity (Wildman–Crippen MR) is 414 cm³/mol. The fourth-order valence-electron chi connectivity index (χ4n) is 13.7. The van der Waals surface area contributed by atoms with Crippen LogP contribution in [0.25, 0.3) is 34.0 Å². The van der Waals surface area contributed by atoms with Crippen molar-refractivity contribution in [1.82, 2.24) is 59.6 Å². The van der Waals surface area contributed by atoms with Crippen LogP contribution in [0.1, 0.15) is 66.4 Å². The number of nitrogens with one attached hydrogen (secondary N) is 3. The largest absolute Gasteiger partial charge is 0.444 e. The van der Waals surface area contributed by atoms with Crippen molar-refractivity contribution in [1.29, 1.82) is 0 Å². The standard InChI is InChI=1S/C28H28N6O3.C27H28N6O3.C27H30N6O2/c35-15-14-34(22-4-2-1-3-5-22)26-23-17-33(27(36)20-6-7-20)13-12-24(23)31-28(32-26)30-21-10-8-19(9-11-21)25-16-29-18-37-25;34-15-4-12-32-13-11-24-23(18-32)26(33(14-16-35)22-5-2-1-3-6-22)31-27(30-24)29-21-9-7-20(8-10-21)25-17-28-19-36-25;1-2-13-32-14-12-24-23(18-32)26(33(15-16-34)22-6-4-3-5-7-22)31-27(30-24)29-21-10-8-20(9-11-21)25-17-28-19-35-25/h1-5,8-11,16,18,20,35H,6-7,12-15,17H2,(H,30,31,32);1-3,5-10,15,17,19,35H,4,11-14,16,18H2,(H,29,30,31);3-11,17,19,34H,2,12-16,18H2,1H3,(H,29,30,31). The maximum absolute atomic E-state index is 12.9. The molecule has 108 heavy (non-hydrogen) atoms. The second kappa shape index (κ2) is 35.3. The van der Waals surface area contributed by atoms with Crippen LogP contribution in [-0.2, 0) is 48.5 Å². The Balaban J connectivity index is 0.000000136. The van der Waals surface area contributed by atoms with Crippen molar-refractivity contribution < 1.29 is 38.2 Å². The predicted octanol–water partition coefficient (Wildman–Crippen LogP) is 13.0. The van der Waals surface area contributed by atoms with E-state index in [2.05, 4.69) is 52.5 Å². The number of fused-ring (bicyclic) bond motifs is 3. The molecule has 26 nitrogen and oxygen atoms in total. The Kier molecular flexibility index (Phi) is 23.8. The normalized spacial score (nSPS) is 13.8. The molecule has 1 aliphatic carbocycles. The molecule has 1 amide bonds. The zero-order valence-electron chi connectivity index (χ0n) is 60.1. The Morgan fingerprint density at radius 3 is 1.14 bits per heavy atom. The number of hydrogen-bond acceptors (Lipinski definition) is 25. The number of nitrogens with zero attached hydrogens (tertiary/aromatic N) is 15. The van der Waals surface area contributed by atoms with E-state index in [0.717, 1.165) is 167 Å². The molecule has 0 unspecified atom stereocenters. The number of oxazole rings is 3. The van der Waals surface area contributed by atoms with Gasteiger partial charge in [0.2, 0.25) is 23.8 Å². The fraction of sp³-hybridized carbons (Fsp3) is 0.280. The first-order valence-electron chi connectivity index (χ1n) is 36.6. The third kappa shape index (κ3) is 17.9. The summed E-state index contributed by atoms with van der Waals surface area (Å²) in [6, 6.07) is 53.4. The molecule has 0 spiro atoms. The molecule has 0 radical (unpaired) electrons. The lowest BCUT2D eigenvalue weighted by atomic mass is 10.0. The van der Waals surface area contributed by atoms with Crippen LogP contribution in [0.4, 0.5) is 69.4 Å². The number of hydrogen-bond donors (Lipinski definition) is 6. The minimum atomic E-state index is -0.0375. The van der Waals surface area contributed by atoms with Gasteiger partial charge in [-0.05, 0) is 135 Å². The van der Waals surface area contributed by atoms with Crippen LogP contribution >= 0.6 is 0 Å². The first kappa shape index (κ1) is 72.9. The van der Waals surface area contributed by atoms with E-state index in [1.807, 2.05) is 178 Å². The maximum Gasteiger partial charge on any atom is 0.229 e. The smallest absolute Gasteiger partial charge is 0.229 e. The highest BCUT2D eigenvalue weighted by Gasteiger charge is 2.37. The van der Waals surface area contributed by atoms with Crippen LogP contribution < -0.4 is 30.7 Å². The lowest BCUT2D eigenvalue weighted by molar-refractivity contribution is -0.133. The van der Waals surface area contributed by atoms with Crippen molar-refractivity contribution in [2.24, 2.45) is 5.92 Å². The van der Waals surface area contributed by atoms with Gasteiger partial charge in [0.15, 0.2) is 36.5 Å². The average Bonchev–Trinajstić information content (AvgIpc) is 1.00. The van der Waals surface area contributed by atoms with E-state index in [1.54, 1.807) is 18.6 Å². The summed E-state index contributed by atoms with van der Waals surface area (Å²) in [5.74, 6) is 6.35. The number of aromatic nitrogens is 9. The summed E-state index contributed by atoms with van der Waals surface area (Å²) < 4.78 is 16.1. The number of aldehydes is 1. The van der Waals surface area contributed by atoms with Gasteiger partial charge in [-0.2, -0.15) is 15.0 Å². The molecular weight excluding hydrogens is 1370 g/mol. The van der Waals surface area contributed by atoms with Crippen LogP contribution in [-0.4, -0.2) is 159 Å². The average molecular weight is 1450 g/mol. The number of benzene rings is 6. The quantitative estimate of drug-likeness (QED) is 0.0261. The zero-order chi connectivity index (χ0) is 74.0. The number of carbonyl (C=O) groups is 2. The number of carbonyl (C=O) groups excluding carboxylic acids is 2. The van der Waals surface area contributed by atoms with Gasteiger partial charge >= 0.3 is 0 Å². The SMILES string of the molecule is CCCN1CCc2nc(Nc3ccc(-c4cnco4)cc3)nc(N(CCO)c3ccccc3)c2C1.O=C(C1CC1)N1CCc2nc(Nc3ccc(-c4cnco4)cc3)nc(N(CCO)c3ccccc3)c2C1.O=CCCN1CCc2nc(Nc3ccc(-c4cnco4)cc3)nc(N(CCO)c3ccccc3)c2C1. The molecule has 1 saturated carbocycles. The number of para-hydroxylation sites is 3. The second-order valence-corrected chi connectivity index (χ2v) is 26.5. The van der Waals surface area contributed by atoms with E-state index in [1.165, 1.54) is 19.2 Å². The van der Waals surface area contributed by atoms with Gasteiger partial charge in [0.1, 0.15) is 23.7 Å². The topological polar surface area (TPSA) is 306 Å². The summed E-state index contributed by atoms with van der Waals surface area (Å²) in [6.07, 6.45) is 16.1. The van der Waals surface area contributed by atoms with Crippen LogP contribution in [0.15, 0.2) is 215 Å². The Bertz CT molecular complexity index is 4850. The Labute approximate surface area is 625 Å². The highest BCUT2D eigenvalue weighted by atomic mass is 16.3. The molecule has 6 N–H and O–H groups in total. The van der Waals surface area contributed by atoms with Gasteiger partial charge in [-0.25, -0.2) is 29.9 Å². The molecule has 12 aromatic rings. The molecule has 1 fully saturated rings. The van der Waals surface area contributed by atoms with E-state index in [4.69, 9.17) is 43.2 Å². The molecule has 9 heterocycles. The minimum absolute atomic E-state index is 0.0195. The number of aliphatic hydroxyl groups is 3. The molecule has 6 aromatic carbocycles. The Morgan fingerprint density at radius 1 is 0.463 bits per heavy atom. The number of anilines is 12. The van der Waals surface area contributed by atoms with Crippen molar-refractivity contribution in [3.8, 4) is 34.0 Å². The maximum atomic E-state index is 12.9. The minimum Gasteiger partial charge on any atom is -0.444 e. The van der Waals surface area contributed by atoms with Gasteiger partial charge in [0.25, 0.3) is 0 Å². The lowest BCUT2D eigenvalue weighted by Gasteiger charge is -2.33. The van der Waals surface area contributed by atoms with Crippen LogP contribution in [0.3, 0.4) is 0 Å². The van der Waals surface area contributed by atoms with E-state index < -0.39 is 0 Å². The van der Waals surface area contributed by atoms with Crippen molar-refractivity contribution >= 4 is 81.6 Å². The van der Waals surface area contributed by atoms with E-state index >= 15 is 0 Å². The van der Waals surface area contributed by atoms with Crippen LogP contribution in [0.5, 0.6) is 0 Å². The lowest BCUT2D eigenvalue weighted by Crippen LogP contribution is -2.38. The van der Waals surface area contributed by atoms with Gasteiger partial charge in [-0.3, -0.25) is 14.6 Å². The molecule has 6 aromatic heterocycles. The number of amides is 1. The molecule has 3 aliphatic heterocycles. The summed E-state index contributed by atoms with van der Waals surface area (Å²) in [4.78, 5) is 78.0. The molecule has 16 rings (SSSR count).